The summed E-state index contributed by atoms with van der Waals surface area (Å²) in [6, 6.07) is 17.1. The van der Waals surface area contributed by atoms with Crippen LogP contribution in [0.4, 0.5) is 5.69 Å². The van der Waals surface area contributed by atoms with Crippen LogP contribution in [0.25, 0.3) is 34.3 Å². The summed E-state index contributed by atoms with van der Waals surface area (Å²) >= 11 is 0. The number of nitrogen functional groups attached to an aromatic ring is 1. The van der Waals surface area contributed by atoms with Crippen molar-refractivity contribution in [1.82, 2.24) is 20.2 Å². The minimum atomic E-state index is 0. The standard InChI is InChI=1S/C19H15N5O.3H2/c1-12-17(19-24-23-18(25-19)13-7-3-2-4-8-13)22-16(11-21-12)14-9-5-6-10-15(14)20;;;/h2-11H,20H2,1H3;3*1H. The fraction of sp³-hybridized carbons (Fsp3) is 0.0526. The Bertz CT molecular complexity index is 1040. The highest BCUT2D eigenvalue weighted by atomic mass is 16.4. The Morgan fingerprint density at radius 3 is 2.44 bits per heavy atom. The van der Waals surface area contributed by atoms with E-state index in [1.807, 2.05) is 61.5 Å². The first-order chi connectivity index (χ1) is 12.2. The van der Waals surface area contributed by atoms with Crippen LogP contribution in [-0.2, 0) is 0 Å². The second-order valence-corrected chi connectivity index (χ2v) is 5.55. The quantitative estimate of drug-likeness (QED) is 0.555. The molecule has 0 saturated heterocycles. The molecule has 2 heterocycles. The largest absolute Gasteiger partial charge is 0.415 e. The highest BCUT2D eigenvalue weighted by Crippen LogP contribution is 2.28. The number of aromatic nitrogens is 4. The molecular formula is C19H21N5O. The minimum absolute atomic E-state index is 0. The summed E-state index contributed by atoms with van der Waals surface area (Å²) < 4.78 is 5.80. The van der Waals surface area contributed by atoms with Crippen molar-refractivity contribution in [2.24, 2.45) is 0 Å². The molecule has 0 amide bonds. The van der Waals surface area contributed by atoms with Crippen molar-refractivity contribution in [2.45, 2.75) is 6.92 Å². The molecule has 0 aliphatic rings. The number of hydrogen-bond donors (Lipinski definition) is 1. The van der Waals surface area contributed by atoms with Gasteiger partial charge in [0.15, 0.2) is 0 Å². The summed E-state index contributed by atoms with van der Waals surface area (Å²) in [5.74, 6) is 0.779. The maximum absolute atomic E-state index is 6.04. The predicted molar refractivity (Wildman–Crippen MR) is 102 cm³/mol. The Hall–Kier alpha value is -3.54. The molecule has 0 aliphatic carbocycles. The van der Waals surface area contributed by atoms with Crippen molar-refractivity contribution in [3.8, 4) is 34.3 Å². The molecule has 0 radical (unpaired) electrons. The number of nitrogens with two attached hydrogens (primary N) is 1. The Balaban J connectivity index is 0.00000131. The third kappa shape index (κ3) is 2.85. The van der Waals surface area contributed by atoms with Crippen molar-refractivity contribution in [3.05, 3.63) is 66.5 Å². The van der Waals surface area contributed by atoms with Gasteiger partial charge in [-0.3, -0.25) is 4.98 Å². The summed E-state index contributed by atoms with van der Waals surface area (Å²) in [6.07, 6.45) is 1.69. The number of rotatable bonds is 3. The summed E-state index contributed by atoms with van der Waals surface area (Å²) in [7, 11) is 0. The lowest BCUT2D eigenvalue weighted by Gasteiger charge is -2.06. The summed E-state index contributed by atoms with van der Waals surface area (Å²) in [5.41, 5.74) is 10.3. The highest BCUT2D eigenvalue weighted by molar-refractivity contribution is 5.74. The summed E-state index contributed by atoms with van der Waals surface area (Å²) in [6.45, 7) is 1.85. The fourth-order valence-electron chi connectivity index (χ4n) is 2.53. The van der Waals surface area contributed by atoms with Crippen LogP contribution in [-0.4, -0.2) is 20.2 Å². The molecular weight excluding hydrogens is 314 g/mol. The van der Waals surface area contributed by atoms with Crippen LogP contribution >= 0.6 is 0 Å². The van der Waals surface area contributed by atoms with Crippen molar-refractivity contribution in [3.63, 3.8) is 0 Å². The molecule has 6 nitrogen and oxygen atoms in total. The number of para-hydroxylation sites is 1. The van der Waals surface area contributed by atoms with Gasteiger partial charge in [0.25, 0.3) is 5.89 Å². The average molecular weight is 335 g/mol. The molecule has 0 saturated carbocycles. The molecule has 6 heteroatoms. The SMILES string of the molecule is Cc1ncc(-c2ccccc2N)nc1-c1nnc(-c2ccccc2)o1.[HH].[HH].[HH]. The smallest absolute Gasteiger partial charge is 0.268 e. The number of aryl methyl sites for hydroxylation is 1. The van der Waals surface area contributed by atoms with E-state index >= 15 is 0 Å². The molecule has 2 aromatic heterocycles. The molecule has 4 rings (SSSR count). The Kier molecular flexibility index (Phi) is 3.70. The number of benzene rings is 2. The molecule has 0 aliphatic heterocycles. The van der Waals surface area contributed by atoms with Gasteiger partial charge in [-0.05, 0) is 25.1 Å². The van der Waals surface area contributed by atoms with Crippen LogP contribution in [0.5, 0.6) is 0 Å². The van der Waals surface area contributed by atoms with E-state index in [2.05, 4.69) is 20.2 Å². The van der Waals surface area contributed by atoms with Gasteiger partial charge in [-0.2, -0.15) is 0 Å². The molecule has 4 aromatic rings. The first-order valence-electron chi connectivity index (χ1n) is 7.80. The maximum Gasteiger partial charge on any atom is 0.268 e. The van der Waals surface area contributed by atoms with Gasteiger partial charge in [0.1, 0.15) is 5.69 Å². The Morgan fingerprint density at radius 1 is 0.920 bits per heavy atom. The molecule has 0 atom stereocenters. The lowest BCUT2D eigenvalue weighted by molar-refractivity contribution is 0.581. The van der Waals surface area contributed by atoms with E-state index in [0.29, 0.717) is 34.6 Å². The van der Waals surface area contributed by atoms with Crippen LogP contribution < -0.4 is 5.73 Å². The predicted octanol–water partition coefficient (Wildman–Crippen LogP) is 4.49. The van der Waals surface area contributed by atoms with E-state index in [4.69, 9.17) is 10.2 Å². The lowest BCUT2D eigenvalue weighted by atomic mass is 10.1. The molecule has 2 N–H and O–H groups in total. The van der Waals surface area contributed by atoms with E-state index in [0.717, 1.165) is 11.1 Å². The van der Waals surface area contributed by atoms with E-state index < -0.39 is 0 Å². The molecule has 2 aromatic carbocycles. The van der Waals surface area contributed by atoms with Gasteiger partial charge in [0.2, 0.25) is 5.89 Å². The fourth-order valence-corrected chi connectivity index (χ4v) is 2.53. The molecule has 0 fully saturated rings. The second kappa shape index (κ2) is 6.16. The second-order valence-electron chi connectivity index (χ2n) is 5.55. The van der Waals surface area contributed by atoms with E-state index in [1.54, 1.807) is 6.20 Å². The van der Waals surface area contributed by atoms with Gasteiger partial charge in [-0.15, -0.1) is 10.2 Å². The Morgan fingerprint density at radius 2 is 1.64 bits per heavy atom. The zero-order chi connectivity index (χ0) is 17.2. The van der Waals surface area contributed by atoms with Crippen LogP contribution in [0.2, 0.25) is 0 Å². The van der Waals surface area contributed by atoms with Crippen molar-refractivity contribution in [1.29, 1.82) is 0 Å². The molecule has 25 heavy (non-hydrogen) atoms. The van der Waals surface area contributed by atoms with Gasteiger partial charge < -0.3 is 10.2 Å². The normalized spacial score (nSPS) is 10.8. The van der Waals surface area contributed by atoms with Crippen LogP contribution in [0, 0.1) is 6.92 Å². The molecule has 128 valence electrons. The zero-order valence-corrected chi connectivity index (χ0v) is 13.5. The summed E-state index contributed by atoms with van der Waals surface area (Å²) in [5, 5.41) is 8.25. The van der Waals surface area contributed by atoms with Gasteiger partial charge in [0.05, 0.1) is 17.6 Å². The number of hydrogen-bond acceptors (Lipinski definition) is 6. The maximum atomic E-state index is 6.04. The number of anilines is 1. The third-order valence-corrected chi connectivity index (χ3v) is 3.84. The van der Waals surface area contributed by atoms with Crippen molar-refractivity contribution in [2.75, 3.05) is 5.73 Å². The number of nitrogens with zero attached hydrogens (tertiary/aromatic N) is 4. The average Bonchev–Trinajstić information content (AvgIpc) is 3.13. The monoisotopic (exact) mass is 335 g/mol. The van der Waals surface area contributed by atoms with Crippen LogP contribution in [0.1, 0.15) is 9.97 Å². The lowest BCUT2D eigenvalue weighted by Crippen LogP contribution is -1.97. The first kappa shape index (κ1) is 15.0. The van der Waals surface area contributed by atoms with E-state index in [-0.39, 0.29) is 4.28 Å². The third-order valence-electron chi connectivity index (χ3n) is 3.84. The zero-order valence-electron chi connectivity index (χ0n) is 13.5. The Labute approximate surface area is 148 Å². The van der Waals surface area contributed by atoms with Gasteiger partial charge in [-0.1, -0.05) is 36.4 Å². The van der Waals surface area contributed by atoms with Gasteiger partial charge in [-0.25, -0.2) is 4.98 Å². The van der Waals surface area contributed by atoms with E-state index in [9.17, 15) is 0 Å². The van der Waals surface area contributed by atoms with Crippen molar-refractivity contribution < 1.29 is 8.70 Å². The molecule has 0 bridgehead atoms. The summed E-state index contributed by atoms with van der Waals surface area (Å²) in [4.78, 5) is 9.05. The van der Waals surface area contributed by atoms with Gasteiger partial charge >= 0.3 is 0 Å². The molecule has 0 unspecified atom stereocenters. The van der Waals surface area contributed by atoms with Crippen LogP contribution in [0.15, 0.2) is 65.2 Å². The van der Waals surface area contributed by atoms with E-state index in [1.165, 1.54) is 0 Å². The minimum Gasteiger partial charge on any atom is -0.415 e. The van der Waals surface area contributed by atoms with Crippen molar-refractivity contribution >= 4 is 5.69 Å². The van der Waals surface area contributed by atoms with Gasteiger partial charge in [0, 0.05) is 21.1 Å². The highest BCUT2D eigenvalue weighted by Gasteiger charge is 2.16. The molecule has 0 spiro atoms. The first-order valence-corrected chi connectivity index (χ1v) is 7.80. The van der Waals surface area contributed by atoms with Crippen LogP contribution in [0.3, 0.4) is 0 Å². The topological polar surface area (TPSA) is 90.7 Å².